The zero-order chi connectivity index (χ0) is 7.98. The number of carbonyl (C=O) groups is 2. The van der Waals surface area contributed by atoms with Gasteiger partial charge in [0, 0.05) is 6.42 Å². The molecule has 2 nitrogen and oxygen atoms in total. The van der Waals surface area contributed by atoms with E-state index in [4.69, 9.17) is 0 Å². The third-order valence-corrected chi connectivity index (χ3v) is 1.70. The second kappa shape index (κ2) is 5.47. The minimum absolute atomic E-state index is 0.0292. The van der Waals surface area contributed by atoms with Crippen molar-refractivity contribution in [3.8, 4) is 0 Å². The Morgan fingerprint density at radius 3 is 2.40 bits per heavy atom. The maximum atomic E-state index is 10.8. The Bertz CT molecular complexity index is 132. The van der Waals surface area contributed by atoms with Gasteiger partial charge in [-0.15, -0.1) is 0 Å². The average Bonchev–Trinajstić information content (AvgIpc) is 1.88. The summed E-state index contributed by atoms with van der Waals surface area (Å²) in [5.74, 6) is 0.0573. The summed E-state index contributed by atoms with van der Waals surface area (Å²) in [4.78, 5) is 21.4. The summed E-state index contributed by atoms with van der Waals surface area (Å²) in [5.41, 5.74) is 0. The lowest BCUT2D eigenvalue weighted by atomic mass is 10.2. The third-order valence-electron chi connectivity index (χ3n) is 1.10. The molecule has 0 aromatic carbocycles. The van der Waals surface area contributed by atoms with E-state index in [2.05, 4.69) is 0 Å². The molecule has 3 heteroatoms. The van der Waals surface area contributed by atoms with Gasteiger partial charge in [0.1, 0.15) is 5.78 Å². The van der Waals surface area contributed by atoms with E-state index in [1.165, 1.54) is 0 Å². The summed E-state index contributed by atoms with van der Waals surface area (Å²) in [7, 11) is 0. The Labute approximate surface area is 65.4 Å². The van der Waals surface area contributed by atoms with Crippen LogP contribution in [0.25, 0.3) is 0 Å². The lowest BCUT2D eigenvalue weighted by Crippen LogP contribution is -2.02. The van der Waals surface area contributed by atoms with Gasteiger partial charge in [-0.1, -0.05) is 18.7 Å². The topological polar surface area (TPSA) is 34.1 Å². The lowest BCUT2D eigenvalue weighted by Gasteiger charge is -1.93. The number of ketones is 1. The zero-order valence-corrected chi connectivity index (χ0v) is 7.16. The Morgan fingerprint density at radius 2 is 2.00 bits per heavy atom. The standard InChI is InChI=1S/C7H12O2S/c1-3-4-6(8)5-7(9)10-2/h3-5H2,1-2H3. The van der Waals surface area contributed by atoms with Crippen LogP contribution in [0.4, 0.5) is 0 Å². The molecule has 0 unspecified atom stereocenters. The summed E-state index contributed by atoms with van der Waals surface area (Å²) in [6.07, 6.45) is 3.17. The summed E-state index contributed by atoms with van der Waals surface area (Å²) >= 11 is 1.12. The molecule has 0 atom stereocenters. The van der Waals surface area contributed by atoms with Crippen LogP contribution in [0.15, 0.2) is 0 Å². The van der Waals surface area contributed by atoms with Gasteiger partial charge in [0.05, 0.1) is 6.42 Å². The molecule has 0 aliphatic heterocycles. The Morgan fingerprint density at radius 1 is 1.40 bits per heavy atom. The van der Waals surface area contributed by atoms with Crippen LogP contribution in [-0.2, 0) is 9.59 Å². The third kappa shape index (κ3) is 4.56. The summed E-state index contributed by atoms with van der Waals surface area (Å²) in [5, 5.41) is -0.0292. The second-order valence-electron chi connectivity index (χ2n) is 2.04. The van der Waals surface area contributed by atoms with Crippen LogP contribution in [-0.4, -0.2) is 17.2 Å². The molecule has 0 bridgehead atoms. The monoisotopic (exact) mass is 160 g/mol. The first-order valence-corrected chi connectivity index (χ1v) is 4.51. The molecule has 0 rings (SSSR count). The van der Waals surface area contributed by atoms with Crippen molar-refractivity contribution in [2.45, 2.75) is 26.2 Å². The van der Waals surface area contributed by atoms with Crippen molar-refractivity contribution in [2.24, 2.45) is 0 Å². The van der Waals surface area contributed by atoms with Crippen molar-refractivity contribution in [3.05, 3.63) is 0 Å². The number of hydrogen-bond donors (Lipinski definition) is 0. The smallest absolute Gasteiger partial charge is 0.196 e. The van der Waals surface area contributed by atoms with Crippen LogP contribution in [0.1, 0.15) is 26.2 Å². The summed E-state index contributed by atoms with van der Waals surface area (Å²) in [6, 6.07) is 0. The maximum absolute atomic E-state index is 10.8. The van der Waals surface area contributed by atoms with Gasteiger partial charge in [-0.3, -0.25) is 9.59 Å². The number of carbonyl (C=O) groups excluding carboxylic acids is 2. The van der Waals surface area contributed by atoms with E-state index < -0.39 is 0 Å². The van der Waals surface area contributed by atoms with Crippen molar-refractivity contribution in [3.63, 3.8) is 0 Å². The Kier molecular flexibility index (Phi) is 5.30. The van der Waals surface area contributed by atoms with E-state index in [0.717, 1.165) is 18.2 Å². The molecule has 0 heterocycles. The fourth-order valence-corrected chi connectivity index (χ4v) is 0.906. The fourth-order valence-electron chi connectivity index (χ4n) is 0.600. The highest BCUT2D eigenvalue weighted by atomic mass is 32.2. The van der Waals surface area contributed by atoms with Crippen LogP contribution in [0.3, 0.4) is 0 Å². The predicted octanol–water partition coefficient (Wildman–Crippen LogP) is 1.64. The molecule has 0 aliphatic carbocycles. The first kappa shape index (κ1) is 9.69. The van der Waals surface area contributed by atoms with E-state index in [0.29, 0.717) is 6.42 Å². The zero-order valence-electron chi connectivity index (χ0n) is 6.35. The Balaban J connectivity index is 3.47. The van der Waals surface area contributed by atoms with Crippen LogP contribution < -0.4 is 0 Å². The molecule has 0 radical (unpaired) electrons. The van der Waals surface area contributed by atoms with E-state index in [9.17, 15) is 9.59 Å². The van der Waals surface area contributed by atoms with Gasteiger partial charge in [0.15, 0.2) is 5.12 Å². The molecule has 0 saturated carbocycles. The minimum atomic E-state index is -0.0292. The molecule has 0 N–H and O–H groups in total. The minimum Gasteiger partial charge on any atom is -0.299 e. The molecule has 0 spiro atoms. The largest absolute Gasteiger partial charge is 0.299 e. The van der Waals surface area contributed by atoms with Gasteiger partial charge < -0.3 is 0 Å². The summed E-state index contributed by atoms with van der Waals surface area (Å²) in [6.45, 7) is 1.93. The first-order chi connectivity index (χ1) is 4.70. The fraction of sp³-hybridized carbons (Fsp3) is 0.714. The van der Waals surface area contributed by atoms with Gasteiger partial charge in [0.2, 0.25) is 0 Å². The summed E-state index contributed by atoms with van der Waals surface area (Å²) < 4.78 is 0. The molecule has 58 valence electrons. The SMILES string of the molecule is CCCC(=O)CC(=O)SC. The van der Waals surface area contributed by atoms with E-state index in [1.807, 2.05) is 6.92 Å². The van der Waals surface area contributed by atoms with Crippen LogP contribution in [0, 0.1) is 0 Å². The highest BCUT2D eigenvalue weighted by Crippen LogP contribution is 2.02. The van der Waals surface area contributed by atoms with Gasteiger partial charge >= 0.3 is 0 Å². The molecule has 0 aliphatic rings. The number of Topliss-reactive ketones (excluding diaryl/α,β-unsaturated/α-hetero) is 1. The van der Waals surface area contributed by atoms with Crippen LogP contribution >= 0.6 is 11.8 Å². The normalized spacial score (nSPS) is 9.40. The quantitative estimate of drug-likeness (QED) is 0.586. The van der Waals surface area contributed by atoms with Crippen LogP contribution in [0.2, 0.25) is 0 Å². The predicted molar refractivity (Wildman–Crippen MR) is 43.1 cm³/mol. The molecule has 0 fully saturated rings. The highest BCUT2D eigenvalue weighted by molar-refractivity contribution is 8.13. The molecule has 0 saturated heterocycles. The van der Waals surface area contributed by atoms with E-state index >= 15 is 0 Å². The molecular formula is C7H12O2S. The second-order valence-corrected chi connectivity index (χ2v) is 2.91. The molecule has 0 amide bonds. The van der Waals surface area contributed by atoms with E-state index in [-0.39, 0.29) is 17.3 Å². The van der Waals surface area contributed by atoms with Crippen LogP contribution in [0.5, 0.6) is 0 Å². The van der Waals surface area contributed by atoms with Crippen molar-refractivity contribution < 1.29 is 9.59 Å². The van der Waals surface area contributed by atoms with Gasteiger partial charge in [-0.25, -0.2) is 0 Å². The van der Waals surface area contributed by atoms with Crippen molar-refractivity contribution in [2.75, 3.05) is 6.26 Å². The van der Waals surface area contributed by atoms with Gasteiger partial charge in [-0.2, -0.15) is 0 Å². The van der Waals surface area contributed by atoms with Gasteiger partial charge in [-0.05, 0) is 12.7 Å². The molecule has 10 heavy (non-hydrogen) atoms. The number of rotatable bonds is 4. The lowest BCUT2D eigenvalue weighted by molar-refractivity contribution is -0.123. The Hall–Kier alpha value is -0.310. The van der Waals surface area contributed by atoms with Crippen molar-refractivity contribution in [1.29, 1.82) is 0 Å². The molecule has 0 aromatic rings. The van der Waals surface area contributed by atoms with Gasteiger partial charge in [0.25, 0.3) is 0 Å². The average molecular weight is 160 g/mol. The molecular weight excluding hydrogens is 148 g/mol. The first-order valence-electron chi connectivity index (χ1n) is 3.29. The highest BCUT2D eigenvalue weighted by Gasteiger charge is 2.05. The van der Waals surface area contributed by atoms with E-state index in [1.54, 1.807) is 6.26 Å². The number of thioether (sulfide) groups is 1. The number of hydrogen-bond acceptors (Lipinski definition) is 3. The maximum Gasteiger partial charge on any atom is 0.196 e. The van der Waals surface area contributed by atoms with Crippen molar-refractivity contribution >= 4 is 22.7 Å². The van der Waals surface area contributed by atoms with Crippen molar-refractivity contribution in [1.82, 2.24) is 0 Å². The molecule has 0 aromatic heterocycles.